The van der Waals surface area contributed by atoms with Gasteiger partial charge in [-0.2, -0.15) is 0 Å². The number of rotatable bonds is 6. The van der Waals surface area contributed by atoms with Gasteiger partial charge in [0.15, 0.2) is 0 Å². The molecule has 0 unspecified atom stereocenters. The maximum absolute atomic E-state index is 12.4. The van der Waals surface area contributed by atoms with Crippen LogP contribution in [-0.2, 0) is 9.59 Å². The van der Waals surface area contributed by atoms with Gasteiger partial charge in [0.05, 0.1) is 21.7 Å². The highest BCUT2D eigenvalue weighted by molar-refractivity contribution is 8.18. The smallest absolute Gasteiger partial charge is 0.337 e. The number of nitrogens with one attached hydrogen (secondary N) is 1. The van der Waals surface area contributed by atoms with E-state index in [0.717, 1.165) is 28.0 Å². The van der Waals surface area contributed by atoms with Crippen LogP contribution in [0.25, 0.3) is 6.08 Å². The zero-order chi connectivity index (χ0) is 21.1. The van der Waals surface area contributed by atoms with Crippen LogP contribution in [0, 0.1) is 0 Å². The summed E-state index contributed by atoms with van der Waals surface area (Å²) in [6, 6.07) is 6.69. The lowest BCUT2D eigenvalue weighted by Crippen LogP contribution is -2.36. The van der Waals surface area contributed by atoms with Crippen molar-refractivity contribution in [3.8, 4) is 0 Å². The number of carboxylic acids is 2. The summed E-state index contributed by atoms with van der Waals surface area (Å²) in [4.78, 5) is 60.9. The minimum Gasteiger partial charge on any atom is -0.478 e. The van der Waals surface area contributed by atoms with Gasteiger partial charge in [0.1, 0.15) is 6.54 Å². The van der Waals surface area contributed by atoms with Gasteiger partial charge in [-0.3, -0.25) is 19.3 Å². The first-order valence-corrected chi connectivity index (χ1v) is 9.65. The van der Waals surface area contributed by atoms with Crippen molar-refractivity contribution in [2.75, 3.05) is 11.9 Å². The van der Waals surface area contributed by atoms with E-state index in [-0.39, 0.29) is 21.7 Å². The van der Waals surface area contributed by atoms with Crippen LogP contribution in [0.4, 0.5) is 10.5 Å². The highest BCUT2D eigenvalue weighted by atomic mass is 32.2. The number of imide groups is 1. The average molecular weight is 432 g/mol. The molecule has 3 N–H and O–H groups in total. The predicted molar refractivity (Wildman–Crippen MR) is 106 cm³/mol. The third kappa shape index (κ3) is 4.52. The fourth-order valence-electron chi connectivity index (χ4n) is 2.44. The van der Waals surface area contributed by atoms with Crippen molar-refractivity contribution >= 4 is 63.9 Å². The second-order valence-electron chi connectivity index (χ2n) is 5.70. The molecule has 3 amide bonds. The molecule has 0 radical (unpaired) electrons. The zero-order valence-electron chi connectivity index (χ0n) is 14.4. The van der Waals surface area contributed by atoms with E-state index in [1.54, 1.807) is 18.2 Å². The Balaban J connectivity index is 1.76. The standard InChI is InChI=1S/C18H12N2O7S2/c21-14(19-12-6-9(16(23)24)3-4-11(12)17(25)26)8-20-15(22)13(29-18(20)27)7-10-2-1-5-28-10/h1-7H,8H2,(H,19,21)(H,23,24)(H,25,26)/b13-7-. The highest BCUT2D eigenvalue weighted by Crippen LogP contribution is 2.32. The van der Waals surface area contributed by atoms with Crippen LogP contribution >= 0.6 is 23.1 Å². The summed E-state index contributed by atoms with van der Waals surface area (Å²) in [7, 11) is 0. The normalized spacial score (nSPS) is 15.0. The summed E-state index contributed by atoms with van der Waals surface area (Å²) in [5, 5.41) is 21.7. The van der Waals surface area contributed by atoms with Gasteiger partial charge in [-0.05, 0) is 47.5 Å². The molecule has 2 heterocycles. The van der Waals surface area contributed by atoms with E-state index in [1.807, 2.05) is 5.38 Å². The molecule has 0 aliphatic carbocycles. The summed E-state index contributed by atoms with van der Waals surface area (Å²) in [5.41, 5.74) is -0.797. The molecular weight excluding hydrogens is 420 g/mol. The van der Waals surface area contributed by atoms with Gasteiger partial charge in [0.25, 0.3) is 11.1 Å². The van der Waals surface area contributed by atoms with Gasteiger partial charge in [0, 0.05) is 4.88 Å². The first-order valence-electron chi connectivity index (χ1n) is 7.95. The molecule has 0 atom stereocenters. The number of hydrogen-bond acceptors (Lipinski definition) is 7. The number of nitrogens with zero attached hydrogens (tertiary/aromatic N) is 1. The molecule has 0 saturated carbocycles. The van der Waals surface area contributed by atoms with Crippen LogP contribution in [0.1, 0.15) is 25.6 Å². The lowest BCUT2D eigenvalue weighted by molar-refractivity contribution is -0.127. The quantitative estimate of drug-likeness (QED) is 0.592. The summed E-state index contributed by atoms with van der Waals surface area (Å²) < 4.78 is 0. The maximum atomic E-state index is 12.4. The second kappa shape index (κ2) is 8.29. The molecule has 0 spiro atoms. The van der Waals surface area contributed by atoms with E-state index in [9.17, 15) is 29.1 Å². The predicted octanol–water partition coefficient (Wildman–Crippen LogP) is 2.82. The molecule has 29 heavy (non-hydrogen) atoms. The summed E-state index contributed by atoms with van der Waals surface area (Å²) in [6.07, 6.45) is 1.55. The van der Waals surface area contributed by atoms with E-state index in [4.69, 9.17) is 5.11 Å². The van der Waals surface area contributed by atoms with Gasteiger partial charge in [0.2, 0.25) is 5.91 Å². The van der Waals surface area contributed by atoms with Crippen molar-refractivity contribution in [3.05, 3.63) is 56.6 Å². The molecule has 1 saturated heterocycles. The third-order valence-electron chi connectivity index (χ3n) is 3.76. The van der Waals surface area contributed by atoms with E-state index in [2.05, 4.69) is 5.32 Å². The van der Waals surface area contributed by atoms with Crippen LogP contribution < -0.4 is 5.32 Å². The number of carbonyl (C=O) groups is 5. The number of carbonyl (C=O) groups excluding carboxylic acids is 3. The number of carboxylic acid groups (broad SMARTS) is 2. The van der Waals surface area contributed by atoms with Crippen LogP contribution in [0.2, 0.25) is 0 Å². The molecule has 1 aromatic heterocycles. The maximum Gasteiger partial charge on any atom is 0.337 e. The minimum atomic E-state index is -1.37. The fourth-order valence-corrected chi connectivity index (χ4v) is 4.00. The van der Waals surface area contributed by atoms with Crippen molar-refractivity contribution in [2.24, 2.45) is 0 Å². The molecule has 11 heteroatoms. The van der Waals surface area contributed by atoms with E-state index < -0.39 is 35.5 Å². The lowest BCUT2D eigenvalue weighted by atomic mass is 10.1. The number of hydrogen-bond donors (Lipinski definition) is 3. The van der Waals surface area contributed by atoms with Crippen molar-refractivity contribution in [3.63, 3.8) is 0 Å². The zero-order valence-corrected chi connectivity index (χ0v) is 16.1. The van der Waals surface area contributed by atoms with Gasteiger partial charge in [-0.15, -0.1) is 11.3 Å². The Bertz CT molecular complexity index is 1060. The summed E-state index contributed by atoms with van der Waals surface area (Å²) >= 11 is 2.08. The largest absolute Gasteiger partial charge is 0.478 e. The number of benzene rings is 1. The van der Waals surface area contributed by atoms with Crippen molar-refractivity contribution < 1.29 is 34.2 Å². The number of amides is 3. The molecule has 1 aliphatic heterocycles. The summed E-state index contributed by atoms with van der Waals surface area (Å²) in [6.45, 7) is -0.636. The molecule has 3 rings (SSSR count). The topological polar surface area (TPSA) is 141 Å². The molecular formula is C18H12N2O7S2. The fraction of sp³-hybridized carbons (Fsp3) is 0.0556. The van der Waals surface area contributed by atoms with E-state index in [0.29, 0.717) is 11.8 Å². The Labute approximate surface area is 171 Å². The van der Waals surface area contributed by atoms with E-state index >= 15 is 0 Å². The Morgan fingerprint density at radius 1 is 1.10 bits per heavy atom. The number of thioether (sulfide) groups is 1. The van der Waals surface area contributed by atoms with Gasteiger partial charge in [-0.25, -0.2) is 9.59 Å². The Hall–Kier alpha value is -3.44. The van der Waals surface area contributed by atoms with Crippen LogP contribution in [0.3, 0.4) is 0 Å². The third-order valence-corrected chi connectivity index (χ3v) is 5.49. The second-order valence-corrected chi connectivity index (χ2v) is 7.67. The Morgan fingerprint density at radius 3 is 2.48 bits per heavy atom. The first kappa shape index (κ1) is 20.3. The number of anilines is 1. The highest BCUT2D eigenvalue weighted by Gasteiger charge is 2.36. The SMILES string of the molecule is O=C(CN1C(=O)S/C(=C\c2cccs2)C1=O)Nc1cc(C(=O)O)ccc1C(=O)O. The average Bonchev–Trinajstić information content (AvgIpc) is 3.25. The van der Waals surface area contributed by atoms with Gasteiger partial charge < -0.3 is 15.5 Å². The Morgan fingerprint density at radius 2 is 1.86 bits per heavy atom. The number of thiophene rings is 1. The first-order chi connectivity index (χ1) is 13.8. The van der Waals surface area contributed by atoms with Crippen molar-refractivity contribution in [2.45, 2.75) is 0 Å². The minimum absolute atomic E-state index is 0.171. The molecule has 2 aromatic rings. The number of aromatic carboxylic acids is 2. The molecule has 9 nitrogen and oxygen atoms in total. The summed E-state index contributed by atoms with van der Waals surface area (Å²) in [5.74, 6) is -4.15. The molecule has 1 aliphatic rings. The monoisotopic (exact) mass is 432 g/mol. The molecule has 1 fully saturated rings. The molecule has 1 aromatic carbocycles. The van der Waals surface area contributed by atoms with Gasteiger partial charge >= 0.3 is 11.9 Å². The molecule has 148 valence electrons. The van der Waals surface area contributed by atoms with Crippen LogP contribution in [-0.4, -0.2) is 50.6 Å². The lowest BCUT2D eigenvalue weighted by Gasteiger charge is -2.14. The van der Waals surface area contributed by atoms with Crippen LogP contribution in [0.15, 0.2) is 40.6 Å². The van der Waals surface area contributed by atoms with Crippen molar-refractivity contribution in [1.29, 1.82) is 0 Å². The van der Waals surface area contributed by atoms with Crippen molar-refractivity contribution in [1.82, 2.24) is 4.90 Å². The molecule has 0 bridgehead atoms. The van der Waals surface area contributed by atoms with Crippen LogP contribution in [0.5, 0.6) is 0 Å². The van der Waals surface area contributed by atoms with Gasteiger partial charge in [-0.1, -0.05) is 6.07 Å². The Kier molecular flexibility index (Phi) is 5.80. The van der Waals surface area contributed by atoms with E-state index in [1.165, 1.54) is 11.3 Å².